The second-order valence-corrected chi connectivity index (χ2v) is 8.20. The Balaban J connectivity index is 1.53. The molecule has 30 heavy (non-hydrogen) atoms. The van der Waals surface area contributed by atoms with Gasteiger partial charge in [-0.15, -0.1) is 0 Å². The van der Waals surface area contributed by atoms with E-state index in [-0.39, 0.29) is 29.4 Å². The summed E-state index contributed by atoms with van der Waals surface area (Å²) < 4.78 is 29.3. The van der Waals surface area contributed by atoms with Crippen molar-refractivity contribution in [2.24, 2.45) is 17.8 Å². The quantitative estimate of drug-likeness (QED) is 0.734. The monoisotopic (exact) mass is 413 g/mol. The summed E-state index contributed by atoms with van der Waals surface area (Å²) in [6.45, 7) is -2.88. The van der Waals surface area contributed by atoms with Gasteiger partial charge in [-0.1, -0.05) is 48.9 Å². The number of carbonyl (C=O) groups excluding carboxylic acids is 2. The summed E-state index contributed by atoms with van der Waals surface area (Å²) in [5.41, 5.74) is 1.68. The summed E-state index contributed by atoms with van der Waals surface area (Å²) in [6, 6.07) is 15.5. The van der Waals surface area contributed by atoms with Gasteiger partial charge in [0.15, 0.2) is 0 Å². The average molecular weight is 413 g/mol. The van der Waals surface area contributed by atoms with Crippen molar-refractivity contribution < 1.29 is 23.1 Å². The second-order valence-electron chi connectivity index (χ2n) is 8.20. The molecule has 2 aliphatic rings. The number of rotatable bonds is 6. The molecule has 3 unspecified atom stereocenters. The van der Waals surface area contributed by atoms with Gasteiger partial charge in [-0.25, -0.2) is 0 Å². The highest BCUT2D eigenvalue weighted by molar-refractivity contribution is 5.88. The van der Waals surface area contributed by atoms with Crippen LogP contribution in [0.1, 0.15) is 49.3 Å². The number of hydrogen-bond donors (Lipinski definition) is 1. The third-order valence-electron chi connectivity index (χ3n) is 6.28. The van der Waals surface area contributed by atoms with Crippen molar-refractivity contribution in [2.45, 2.75) is 44.8 Å². The first-order valence-electron chi connectivity index (χ1n) is 10.4. The summed E-state index contributed by atoms with van der Waals surface area (Å²) >= 11 is 0. The van der Waals surface area contributed by atoms with Crippen LogP contribution in [0.3, 0.4) is 0 Å². The zero-order valence-electron chi connectivity index (χ0n) is 16.6. The van der Waals surface area contributed by atoms with E-state index in [1.165, 1.54) is 12.1 Å². The number of halogens is 2. The van der Waals surface area contributed by atoms with Crippen LogP contribution in [-0.4, -0.2) is 18.3 Å². The molecule has 0 heterocycles. The number of nitrogens with one attached hydrogen (secondary N) is 1. The fraction of sp³-hybridized carbons (Fsp3) is 0.417. The number of ketones is 1. The standard InChI is InChI=1S/C24H25F2NO3/c25-24(26)30-20-11-9-16(10-12-20)21(15-5-2-1-3-6-15)27-23(29)19-13-17-7-4-8-18(14-19)22(17)28/h1-3,5-6,9-12,17-19,21,24H,4,7-8,13-14H2,(H,27,29). The molecule has 3 atom stereocenters. The van der Waals surface area contributed by atoms with Gasteiger partial charge in [-0.2, -0.15) is 8.78 Å². The predicted octanol–water partition coefficient (Wildman–Crippen LogP) is 4.89. The average Bonchev–Trinajstić information content (AvgIpc) is 2.72. The molecule has 1 N–H and O–H groups in total. The van der Waals surface area contributed by atoms with Crippen LogP contribution in [0.2, 0.25) is 0 Å². The Morgan fingerprint density at radius 3 is 2.13 bits per heavy atom. The molecule has 0 radical (unpaired) electrons. The summed E-state index contributed by atoms with van der Waals surface area (Å²) in [5, 5.41) is 3.14. The number of benzene rings is 2. The van der Waals surface area contributed by atoms with Crippen LogP contribution in [0, 0.1) is 17.8 Å². The van der Waals surface area contributed by atoms with Crippen LogP contribution in [0.4, 0.5) is 8.78 Å². The zero-order chi connectivity index (χ0) is 21.1. The Hall–Kier alpha value is -2.76. The van der Waals surface area contributed by atoms with E-state index in [9.17, 15) is 18.4 Å². The minimum atomic E-state index is -2.88. The summed E-state index contributed by atoms with van der Waals surface area (Å²) in [7, 11) is 0. The molecule has 158 valence electrons. The lowest BCUT2D eigenvalue weighted by Crippen LogP contribution is -2.43. The number of ether oxygens (including phenoxy) is 1. The number of hydrogen-bond acceptors (Lipinski definition) is 3. The molecule has 2 fully saturated rings. The summed E-state index contributed by atoms with van der Waals surface area (Å²) in [4.78, 5) is 25.5. The molecular formula is C24H25F2NO3. The minimum absolute atomic E-state index is 0.00852. The fourth-order valence-electron chi connectivity index (χ4n) is 4.80. The molecule has 2 aromatic carbocycles. The summed E-state index contributed by atoms with van der Waals surface area (Å²) in [5.74, 6) is 0.195. The maximum absolute atomic E-state index is 13.2. The maximum atomic E-state index is 13.2. The van der Waals surface area contributed by atoms with E-state index in [4.69, 9.17) is 0 Å². The Morgan fingerprint density at radius 2 is 1.53 bits per heavy atom. The van der Waals surface area contributed by atoms with E-state index in [2.05, 4.69) is 10.1 Å². The van der Waals surface area contributed by atoms with Crippen LogP contribution in [0.5, 0.6) is 5.75 Å². The molecule has 1 amide bonds. The van der Waals surface area contributed by atoms with Crippen molar-refractivity contribution in [2.75, 3.05) is 0 Å². The molecular weight excluding hydrogens is 388 g/mol. The van der Waals surface area contributed by atoms with Crippen molar-refractivity contribution in [3.63, 3.8) is 0 Å². The normalized spacial score (nSPS) is 24.4. The lowest BCUT2D eigenvalue weighted by atomic mass is 9.67. The van der Waals surface area contributed by atoms with Crippen molar-refractivity contribution in [1.29, 1.82) is 0 Å². The van der Waals surface area contributed by atoms with Gasteiger partial charge in [-0.3, -0.25) is 9.59 Å². The number of alkyl halides is 2. The molecule has 2 saturated carbocycles. The molecule has 0 spiro atoms. The second kappa shape index (κ2) is 8.94. The van der Waals surface area contributed by atoms with E-state index < -0.39 is 12.7 Å². The Morgan fingerprint density at radius 1 is 0.933 bits per heavy atom. The number of Topliss-reactive ketones (excluding diaryl/α,β-unsaturated/α-hetero) is 1. The van der Waals surface area contributed by atoms with Gasteiger partial charge < -0.3 is 10.1 Å². The Labute approximate surface area is 174 Å². The number of carbonyl (C=O) groups is 2. The minimum Gasteiger partial charge on any atom is -0.435 e. The Bertz CT molecular complexity index is 869. The van der Waals surface area contributed by atoms with Gasteiger partial charge in [-0.05, 0) is 48.9 Å². The van der Waals surface area contributed by atoms with Gasteiger partial charge in [0, 0.05) is 17.8 Å². The van der Waals surface area contributed by atoms with Crippen LogP contribution in [0.25, 0.3) is 0 Å². The van der Waals surface area contributed by atoms with E-state index in [0.717, 1.165) is 30.4 Å². The molecule has 0 saturated heterocycles. The topological polar surface area (TPSA) is 55.4 Å². The molecule has 0 aromatic heterocycles. The molecule has 0 aliphatic heterocycles. The molecule has 2 aromatic rings. The zero-order valence-corrected chi connectivity index (χ0v) is 16.6. The lowest BCUT2D eigenvalue weighted by Gasteiger charge is -2.37. The molecule has 4 nitrogen and oxygen atoms in total. The predicted molar refractivity (Wildman–Crippen MR) is 108 cm³/mol. The van der Waals surface area contributed by atoms with Crippen LogP contribution >= 0.6 is 0 Å². The van der Waals surface area contributed by atoms with Crippen LogP contribution < -0.4 is 10.1 Å². The van der Waals surface area contributed by atoms with E-state index in [0.29, 0.717) is 18.6 Å². The third-order valence-corrected chi connectivity index (χ3v) is 6.28. The van der Waals surface area contributed by atoms with E-state index in [1.54, 1.807) is 12.1 Å². The lowest BCUT2D eigenvalue weighted by molar-refractivity contribution is -0.137. The molecule has 6 heteroatoms. The fourth-order valence-corrected chi connectivity index (χ4v) is 4.80. The van der Waals surface area contributed by atoms with Gasteiger partial charge in [0.05, 0.1) is 6.04 Å². The summed E-state index contributed by atoms with van der Waals surface area (Å²) in [6.07, 6.45) is 4.06. The molecule has 4 rings (SSSR count). The highest BCUT2D eigenvalue weighted by Gasteiger charge is 2.41. The van der Waals surface area contributed by atoms with Crippen LogP contribution in [0.15, 0.2) is 54.6 Å². The molecule has 2 aliphatic carbocycles. The third kappa shape index (κ3) is 4.53. The number of fused-ring (bicyclic) bond motifs is 2. The van der Waals surface area contributed by atoms with Gasteiger partial charge in [0.1, 0.15) is 11.5 Å². The van der Waals surface area contributed by atoms with Crippen molar-refractivity contribution in [3.05, 3.63) is 65.7 Å². The van der Waals surface area contributed by atoms with Crippen molar-refractivity contribution >= 4 is 11.7 Å². The highest BCUT2D eigenvalue weighted by Crippen LogP contribution is 2.40. The van der Waals surface area contributed by atoms with E-state index in [1.807, 2.05) is 30.3 Å². The Kier molecular flexibility index (Phi) is 6.11. The maximum Gasteiger partial charge on any atom is 0.387 e. The number of amides is 1. The SMILES string of the molecule is O=C(NC(c1ccccc1)c1ccc(OC(F)F)cc1)C1CC2CCCC(C1)C2=O. The largest absolute Gasteiger partial charge is 0.435 e. The molecule has 2 bridgehead atoms. The van der Waals surface area contributed by atoms with Gasteiger partial charge >= 0.3 is 6.61 Å². The van der Waals surface area contributed by atoms with Gasteiger partial charge in [0.2, 0.25) is 5.91 Å². The first kappa shape index (κ1) is 20.5. The smallest absolute Gasteiger partial charge is 0.387 e. The first-order chi connectivity index (χ1) is 14.5. The first-order valence-corrected chi connectivity index (χ1v) is 10.4. The van der Waals surface area contributed by atoms with Crippen LogP contribution in [-0.2, 0) is 9.59 Å². The van der Waals surface area contributed by atoms with Gasteiger partial charge in [0.25, 0.3) is 0 Å². The van der Waals surface area contributed by atoms with Crippen molar-refractivity contribution in [3.8, 4) is 5.75 Å². The highest BCUT2D eigenvalue weighted by atomic mass is 19.3. The van der Waals surface area contributed by atoms with E-state index >= 15 is 0 Å². The van der Waals surface area contributed by atoms with Crippen molar-refractivity contribution in [1.82, 2.24) is 5.32 Å².